The Bertz CT molecular complexity index is 1080. The zero-order chi connectivity index (χ0) is 23.4. The highest BCUT2D eigenvalue weighted by atomic mass is 16.5. The molecule has 3 aromatic rings. The Labute approximate surface area is 195 Å². The van der Waals surface area contributed by atoms with Gasteiger partial charge in [0.2, 0.25) is 5.91 Å². The van der Waals surface area contributed by atoms with Crippen molar-refractivity contribution in [3.05, 3.63) is 65.9 Å². The zero-order valence-corrected chi connectivity index (χ0v) is 19.6. The smallest absolute Gasteiger partial charge is 0.224 e. The Morgan fingerprint density at radius 1 is 1.15 bits per heavy atom. The van der Waals surface area contributed by atoms with E-state index in [1.807, 2.05) is 6.07 Å². The van der Waals surface area contributed by atoms with Crippen molar-refractivity contribution in [3.8, 4) is 17.1 Å². The summed E-state index contributed by atoms with van der Waals surface area (Å²) in [5, 5.41) is 20.3. The maximum Gasteiger partial charge on any atom is 0.224 e. The van der Waals surface area contributed by atoms with E-state index in [9.17, 15) is 9.90 Å². The quantitative estimate of drug-likeness (QED) is 0.487. The van der Waals surface area contributed by atoms with E-state index in [1.165, 1.54) is 5.56 Å². The van der Waals surface area contributed by atoms with Gasteiger partial charge in [-0.15, -0.1) is 0 Å². The molecular formula is C27H33N3O3. The first kappa shape index (κ1) is 23.1. The third kappa shape index (κ3) is 6.02. The number of aromatic nitrogens is 1. The number of hydrogen-bond donors (Lipinski definition) is 3. The first-order chi connectivity index (χ1) is 15.8. The molecule has 0 saturated carbocycles. The SMILES string of the molecule is CC(C)(C)c1ccc(-c2cc(CC3CNCCC3CC(=O)Nc3cccc(O)c3)no2)cc1. The molecule has 0 spiro atoms. The number of nitrogens with one attached hydrogen (secondary N) is 2. The average molecular weight is 448 g/mol. The van der Waals surface area contributed by atoms with Gasteiger partial charge in [-0.05, 0) is 60.9 Å². The number of nitrogens with zero attached hydrogens (tertiary/aromatic N) is 1. The van der Waals surface area contributed by atoms with Gasteiger partial charge in [-0.1, -0.05) is 56.3 Å². The van der Waals surface area contributed by atoms with Crippen LogP contribution in [0.2, 0.25) is 0 Å². The number of rotatable bonds is 6. The van der Waals surface area contributed by atoms with Crippen LogP contribution in [0.5, 0.6) is 5.75 Å². The molecule has 1 fully saturated rings. The van der Waals surface area contributed by atoms with Crippen molar-refractivity contribution < 1.29 is 14.4 Å². The van der Waals surface area contributed by atoms with Crippen LogP contribution in [0.25, 0.3) is 11.3 Å². The van der Waals surface area contributed by atoms with Crippen LogP contribution in [0, 0.1) is 11.8 Å². The van der Waals surface area contributed by atoms with Crippen molar-refractivity contribution in [1.29, 1.82) is 0 Å². The Balaban J connectivity index is 1.39. The van der Waals surface area contributed by atoms with Gasteiger partial charge in [0.15, 0.2) is 5.76 Å². The van der Waals surface area contributed by atoms with Gasteiger partial charge in [0.25, 0.3) is 0 Å². The highest BCUT2D eigenvalue weighted by Crippen LogP contribution is 2.30. The lowest BCUT2D eigenvalue weighted by molar-refractivity contribution is -0.117. The zero-order valence-electron chi connectivity index (χ0n) is 19.6. The number of benzene rings is 2. The monoisotopic (exact) mass is 447 g/mol. The standard InChI is InChI=1S/C27H33N3O3/c1-27(2,3)21-9-7-18(8-10-21)25-16-23(30-33-25)13-20-17-28-12-11-19(20)14-26(32)29-22-5-4-6-24(31)15-22/h4-10,15-16,19-20,28,31H,11-14,17H2,1-3H3,(H,29,32). The number of amides is 1. The number of hydrogen-bond acceptors (Lipinski definition) is 5. The van der Waals surface area contributed by atoms with Crippen LogP contribution >= 0.6 is 0 Å². The lowest BCUT2D eigenvalue weighted by atomic mass is 9.81. The number of anilines is 1. The van der Waals surface area contributed by atoms with E-state index in [-0.39, 0.29) is 23.0 Å². The molecule has 2 heterocycles. The summed E-state index contributed by atoms with van der Waals surface area (Å²) in [7, 11) is 0. The largest absolute Gasteiger partial charge is 0.508 e. The molecule has 0 radical (unpaired) electrons. The van der Waals surface area contributed by atoms with Crippen LogP contribution < -0.4 is 10.6 Å². The first-order valence-electron chi connectivity index (χ1n) is 11.6. The van der Waals surface area contributed by atoms with E-state index in [4.69, 9.17) is 4.52 Å². The second-order valence-corrected chi connectivity index (χ2v) is 10.0. The highest BCUT2D eigenvalue weighted by molar-refractivity contribution is 5.91. The van der Waals surface area contributed by atoms with Gasteiger partial charge < -0.3 is 20.3 Å². The van der Waals surface area contributed by atoms with Gasteiger partial charge in [-0.3, -0.25) is 4.79 Å². The fraction of sp³-hybridized carbons (Fsp3) is 0.407. The minimum Gasteiger partial charge on any atom is -0.508 e. The first-order valence-corrected chi connectivity index (χ1v) is 11.6. The van der Waals surface area contributed by atoms with E-state index in [0.717, 1.165) is 42.9 Å². The van der Waals surface area contributed by atoms with E-state index in [0.29, 0.717) is 18.0 Å². The van der Waals surface area contributed by atoms with Crippen molar-refractivity contribution >= 4 is 11.6 Å². The van der Waals surface area contributed by atoms with Crippen LogP contribution in [-0.2, 0) is 16.6 Å². The van der Waals surface area contributed by atoms with Crippen molar-refractivity contribution in [2.24, 2.45) is 11.8 Å². The Kier molecular flexibility index (Phi) is 6.84. The number of aromatic hydroxyl groups is 1. The van der Waals surface area contributed by atoms with Gasteiger partial charge in [-0.25, -0.2) is 0 Å². The van der Waals surface area contributed by atoms with E-state index >= 15 is 0 Å². The summed E-state index contributed by atoms with van der Waals surface area (Å²) in [6.07, 6.45) is 2.15. The summed E-state index contributed by atoms with van der Waals surface area (Å²) < 4.78 is 5.65. The molecular weight excluding hydrogens is 414 g/mol. The fourth-order valence-corrected chi connectivity index (χ4v) is 4.47. The number of phenolic OH excluding ortho intramolecular Hbond substituents is 1. The minimum absolute atomic E-state index is 0.0303. The molecule has 6 nitrogen and oxygen atoms in total. The molecule has 4 rings (SSSR count). The summed E-state index contributed by atoms with van der Waals surface area (Å²) in [6, 6.07) is 17.1. The topological polar surface area (TPSA) is 87.4 Å². The number of carbonyl (C=O) groups is 1. The molecule has 0 aliphatic carbocycles. The third-order valence-electron chi connectivity index (χ3n) is 6.41. The molecule has 1 aliphatic rings. The number of carbonyl (C=O) groups excluding carboxylic acids is 1. The van der Waals surface area contributed by atoms with E-state index in [2.05, 4.69) is 60.8 Å². The molecule has 0 bridgehead atoms. The molecule has 2 atom stereocenters. The molecule has 33 heavy (non-hydrogen) atoms. The van der Waals surface area contributed by atoms with Gasteiger partial charge in [0.05, 0.1) is 5.69 Å². The third-order valence-corrected chi connectivity index (χ3v) is 6.41. The summed E-state index contributed by atoms with van der Waals surface area (Å²) in [5.41, 5.74) is 3.94. The second-order valence-electron chi connectivity index (χ2n) is 10.0. The predicted molar refractivity (Wildman–Crippen MR) is 130 cm³/mol. The lowest BCUT2D eigenvalue weighted by Gasteiger charge is -2.31. The summed E-state index contributed by atoms with van der Waals surface area (Å²) >= 11 is 0. The maximum absolute atomic E-state index is 12.6. The Morgan fingerprint density at radius 2 is 1.94 bits per heavy atom. The maximum atomic E-state index is 12.6. The number of piperidine rings is 1. The van der Waals surface area contributed by atoms with Crippen LogP contribution in [0.15, 0.2) is 59.1 Å². The molecule has 6 heteroatoms. The van der Waals surface area contributed by atoms with Crippen molar-refractivity contribution in [1.82, 2.24) is 10.5 Å². The van der Waals surface area contributed by atoms with Gasteiger partial charge >= 0.3 is 0 Å². The summed E-state index contributed by atoms with van der Waals surface area (Å²) in [4.78, 5) is 12.6. The molecule has 1 amide bonds. The van der Waals surface area contributed by atoms with Gasteiger partial charge in [-0.2, -0.15) is 0 Å². The lowest BCUT2D eigenvalue weighted by Crippen LogP contribution is -2.39. The van der Waals surface area contributed by atoms with Crippen molar-refractivity contribution in [2.45, 2.75) is 45.4 Å². The number of phenols is 1. The molecule has 1 aromatic heterocycles. The molecule has 1 saturated heterocycles. The predicted octanol–water partition coefficient (Wildman–Crippen LogP) is 5.14. The minimum atomic E-state index is -0.0303. The molecule has 1 aliphatic heterocycles. The summed E-state index contributed by atoms with van der Waals surface area (Å²) in [6.45, 7) is 8.37. The highest BCUT2D eigenvalue weighted by Gasteiger charge is 2.28. The van der Waals surface area contributed by atoms with Gasteiger partial charge in [0.1, 0.15) is 5.75 Å². The van der Waals surface area contributed by atoms with E-state index < -0.39 is 0 Å². The van der Waals surface area contributed by atoms with E-state index in [1.54, 1.807) is 24.3 Å². The Morgan fingerprint density at radius 3 is 2.67 bits per heavy atom. The average Bonchev–Trinajstić information content (AvgIpc) is 3.23. The molecule has 3 N–H and O–H groups in total. The normalized spacial score (nSPS) is 18.8. The van der Waals surface area contributed by atoms with Gasteiger partial charge in [0, 0.05) is 29.8 Å². The Hall–Kier alpha value is -3.12. The van der Waals surface area contributed by atoms with Crippen LogP contribution in [-0.4, -0.2) is 29.3 Å². The fourth-order valence-electron chi connectivity index (χ4n) is 4.47. The van der Waals surface area contributed by atoms with Crippen molar-refractivity contribution in [3.63, 3.8) is 0 Å². The van der Waals surface area contributed by atoms with Crippen LogP contribution in [0.3, 0.4) is 0 Å². The van der Waals surface area contributed by atoms with Crippen molar-refractivity contribution in [2.75, 3.05) is 18.4 Å². The molecule has 2 unspecified atom stereocenters. The summed E-state index contributed by atoms with van der Waals surface area (Å²) in [5.74, 6) is 1.44. The molecule has 174 valence electrons. The second kappa shape index (κ2) is 9.79. The molecule has 2 aromatic carbocycles. The van der Waals surface area contributed by atoms with Crippen LogP contribution in [0.1, 0.15) is 44.9 Å². The van der Waals surface area contributed by atoms with Crippen LogP contribution in [0.4, 0.5) is 5.69 Å².